The molecule has 0 aliphatic carbocycles. The predicted molar refractivity (Wildman–Crippen MR) is 43.9 cm³/mol. The molecule has 2 N–H and O–H groups in total. The summed E-state index contributed by atoms with van der Waals surface area (Å²) in [5.74, 6) is 0. The van der Waals surface area contributed by atoms with Gasteiger partial charge in [-0.2, -0.15) is 0 Å². The molecule has 0 saturated carbocycles. The Morgan fingerprint density at radius 2 is 2.30 bits per heavy atom. The summed E-state index contributed by atoms with van der Waals surface area (Å²) in [6, 6.07) is 0. The van der Waals surface area contributed by atoms with E-state index in [1.54, 1.807) is 7.11 Å². The second-order valence-corrected chi connectivity index (χ2v) is 2.23. The molecule has 0 radical (unpaired) electrons. The summed E-state index contributed by atoms with van der Waals surface area (Å²) in [6.07, 6.45) is 6.43. The average Bonchev–Trinajstić information content (AvgIpc) is 1.98. The SMILES string of the molecule is CCCC(/C=C\CN)OC. The molecule has 0 spiro atoms. The highest BCUT2D eigenvalue weighted by Crippen LogP contribution is 2.01. The van der Waals surface area contributed by atoms with Gasteiger partial charge >= 0.3 is 0 Å². The molecule has 10 heavy (non-hydrogen) atoms. The van der Waals surface area contributed by atoms with Crippen LogP contribution in [0.5, 0.6) is 0 Å². The van der Waals surface area contributed by atoms with Crippen molar-refractivity contribution >= 4 is 0 Å². The molecule has 2 nitrogen and oxygen atoms in total. The quantitative estimate of drug-likeness (QED) is 0.589. The Bertz CT molecular complexity index is 91.3. The molecule has 0 aromatic rings. The van der Waals surface area contributed by atoms with Gasteiger partial charge in [-0.3, -0.25) is 0 Å². The summed E-state index contributed by atoms with van der Waals surface area (Å²) in [4.78, 5) is 0. The molecule has 1 unspecified atom stereocenters. The number of ether oxygens (including phenoxy) is 1. The lowest BCUT2D eigenvalue weighted by atomic mass is 10.2. The fourth-order valence-corrected chi connectivity index (χ4v) is 0.808. The molecule has 60 valence electrons. The summed E-state index contributed by atoms with van der Waals surface area (Å²) < 4.78 is 5.15. The first-order valence-electron chi connectivity index (χ1n) is 3.74. The van der Waals surface area contributed by atoms with Crippen molar-refractivity contribution in [1.82, 2.24) is 0 Å². The van der Waals surface area contributed by atoms with Crippen LogP contribution in [-0.4, -0.2) is 19.8 Å². The van der Waals surface area contributed by atoms with E-state index in [0.29, 0.717) is 6.54 Å². The van der Waals surface area contributed by atoms with Crippen molar-refractivity contribution in [3.63, 3.8) is 0 Å². The largest absolute Gasteiger partial charge is 0.377 e. The van der Waals surface area contributed by atoms with E-state index in [-0.39, 0.29) is 6.10 Å². The van der Waals surface area contributed by atoms with Gasteiger partial charge in [0.2, 0.25) is 0 Å². The Hall–Kier alpha value is -0.340. The smallest absolute Gasteiger partial charge is 0.0752 e. The van der Waals surface area contributed by atoms with E-state index in [1.165, 1.54) is 0 Å². The molecule has 0 amide bonds. The third-order valence-electron chi connectivity index (χ3n) is 1.36. The van der Waals surface area contributed by atoms with Gasteiger partial charge in [-0.1, -0.05) is 25.5 Å². The van der Waals surface area contributed by atoms with Gasteiger partial charge in [0, 0.05) is 13.7 Å². The summed E-state index contributed by atoms with van der Waals surface area (Å²) in [7, 11) is 1.72. The topological polar surface area (TPSA) is 35.2 Å². The van der Waals surface area contributed by atoms with Gasteiger partial charge in [0.1, 0.15) is 0 Å². The minimum atomic E-state index is 0.258. The van der Waals surface area contributed by atoms with Gasteiger partial charge in [-0.25, -0.2) is 0 Å². The minimum absolute atomic E-state index is 0.258. The number of hydrogen-bond donors (Lipinski definition) is 1. The highest BCUT2D eigenvalue weighted by Gasteiger charge is 1.97. The van der Waals surface area contributed by atoms with Gasteiger partial charge in [-0.05, 0) is 6.42 Å². The lowest BCUT2D eigenvalue weighted by Crippen LogP contribution is -2.06. The van der Waals surface area contributed by atoms with Crippen molar-refractivity contribution < 1.29 is 4.74 Å². The van der Waals surface area contributed by atoms with E-state index >= 15 is 0 Å². The van der Waals surface area contributed by atoms with E-state index in [2.05, 4.69) is 6.92 Å². The van der Waals surface area contributed by atoms with E-state index in [0.717, 1.165) is 12.8 Å². The molecule has 0 aliphatic heterocycles. The monoisotopic (exact) mass is 143 g/mol. The van der Waals surface area contributed by atoms with Crippen LogP contribution in [0, 0.1) is 0 Å². The molecule has 2 heteroatoms. The van der Waals surface area contributed by atoms with Crippen LogP contribution >= 0.6 is 0 Å². The van der Waals surface area contributed by atoms with Crippen LogP contribution in [0.3, 0.4) is 0 Å². The zero-order valence-corrected chi connectivity index (χ0v) is 6.84. The zero-order valence-electron chi connectivity index (χ0n) is 6.84. The summed E-state index contributed by atoms with van der Waals surface area (Å²) >= 11 is 0. The van der Waals surface area contributed by atoms with E-state index < -0.39 is 0 Å². The normalized spacial score (nSPS) is 14.3. The van der Waals surface area contributed by atoms with Crippen molar-refractivity contribution in [2.24, 2.45) is 5.73 Å². The first kappa shape index (κ1) is 9.66. The van der Waals surface area contributed by atoms with Gasteiger partial charge < -0.3 is 10.5 Å². The number of hydrogen-bond acceptors (Lipinski definition) is 2. The maximum Gasteiger partial charge on any atom is 0.0752 e. The summed E-state index contributed by atoms with van der Waals surface area (Å²) in [5, 5.41) is 0. The molecule has 1 atom stereocenters. The van der Waals surface area contributed by atoms with Crippen LogP contribution in [0.25, 0.3) is 0 Å². The molecular formula is C8H17NO. The number of rotatable bonds is 5. The number of nitrogens with two attached hydrogens (primary N) is 1. The Balaban J connectivity index is 3.48. The minimum Gasteiger partial charge on any atom is -0.377 e. The van der Waals surface area contributed by atoms with Crippen LogP contribution in [0.15, 0.2) is 12.2 Å². The first-order chi connectivity index (χ1) is 4.85. The molecule has 0 fully saturated rings. The van der Waals surface area contributed by atoms with Crippen molar-refractivity contribution in [1.29, 1.82) is 0 Å². The first-order valence-corrected chi connectivity index (χ1v) is 3.74. The molecule has 0 rings (SSSR count). The summed E-state index contributed by atoms with van der Waals surface area (Å²) in [5.41, 5.74) is 5.29. The third kappa shape index (κ3) is 4.53. The van der Waals surface area contributed by atoms with Crippen LogP contribution < -0.4 is 5.73 Å². The van der Waals surface area contributed by atoms with Crippen LogP contribution in [0.4, 0.5) is 0 Å². The Labute approximate surface area is 63.1 Å². The van der Waals surface area contributed by atoms with Crippen molar-refractivity contribution in [3.05, 3.63) is 12.2 Å². The fourth-order valence-electron chi connectivity index (χ4n) is 0.808. The number of methoxy groups -OCH3 is 1. The standard InChI is InChI=1S/C8H17NO/c1-3-5-8(10-2)6-4-7-9/h4,6,8H,3,5,7,9H2,1-2H3/b6-4-. The zero-order chi connectivity index (χ0) is 7.82. The Kier molecular flexibility index (Phi) is 6.55. The summed E-state index contributed by atoms with van der Waals surface area (Å²) in [6.45, 7) is 2.74. The lowest BCUT2D eigenvalue weighted by Gasteiger charge is -2.07. The maximum atomic E-state index is 5.29. The van der Waals surface area contributed by atoms with Crippen LogP contribution in [0.1, 0.15) is 19.8 Å². The van der Waals surface area contributed by atoms with Crippen molar-refractivity contribution in [2.45, 2.75) is 25.9 Å². The third-order valence-corrected chi connectivity index (χ3v) is 1.36. The van der Waals surface area contributed by atoms with Gasteiger partial charge in [0.05, 0.1) is 6.10 Å². The second-order valence-electron chi connectivity index (χ2n) is 2.23. The molecule has 0 aromatic carbocycles. The van der Waals surface area contributed by atoms with Gasteiger partial charge in [0.15, 0.2) is 0 Å². The Morgan fingerprint density at radius 3 is 2.70 bits per heavy atom. The molecule has 0 aromatic heterocycles. The maximum absolute atomic E-state index is 5.29. The van der Waals surface area contributed by atoms with E-state index in [4.69, 9.17) is 10.5 Å². The molecule has 0 bridgehead atoms. The average molecular weight is 143 g/mol. The van der Waals surface area contributed by atoms with Crippen molar-refractivity contribution in [3.8, 4) is 0 Å². The van der Waals surface area contributed by atoms with Gasteiger partial charge in [-0.15, -0.1) is 0 Å². The van der Waals surface area contributed by atoms with Gasteiger partial charge in [0.25, 0.3) is 0 Å². The highest BCUT2D eigenvalue weighted by atomic mass is 16.5. The van der Waals surface area contributed by atoms with Crippen molar-refractivity contribution in [2.75, 3.05) is 13.7 Å². The van der Waals surface area contributed by atoms with E-state index in [1.807, 2.05) is 12.2 Å². The highest BCUT2D eigenvalue weighted by molar-refractivity contribution is 4.89. The van der Waals surface area contributed by atoms with Crippen LogP contribution in [0.2, 0.25) is 0 Å². The molecular weight excluding hydrogens is 126 g/mol. The van der Waals surface area contributed by atoms with E-state index in [9.17, 15) is 0 Å². The molecule has 0 saturated heterocycles. The predicted octanol–water partition coefficient (Wildman–Crippen LogP) is 1.32. The Morgan fingerprint density at radius 1 is 1.60 bits per heavy atom. The van der Waals surface area contributed by atoms with Crippen LogP contribution in [-0.2, 0) is 4.74 Å². The lowest BCUT2D eigenvalue weighted by molar-refractivity contribution is 0.133. The second kappa shape index (κ2) is 6.78. The molecule has 0 heterocycles. The fraction of sp³-hybridized carbons (Fsp3) is 0.750. The molecule has 0 aliphatic rings.